The second-order valence-electron chi connectivity index (χ2n) is 7.07. The van der Waals surface area contributed by atoms with Crippen LogP contribution in [0.25, 0.3) is 0 Å². The lowest BCUT2D eigenvalue weighted by Crippen LogP contribution is -2.27. The Bertz CT molecular complexity index is 1030. The van der Waals surface area contributed by atoms with Crippen molar-refractivity contribution in [1.29, 1.82) is 0 Å². The van der Waals surface area contributed by atoms with Gasteiger partial charge in [0.25, 0.3) is 0 Å². The minimum atomic E-state index is -3.59. The predicted octanol–water partition coefficient (Wildman–Crippen LogP) is 3.35. The Morgan fingerprint density at radius 3 is 2.59 bits per heavy atom. The van der Waals surface area contributed by atoms with Gasteiger partial charge in [-0.25, -0.2) is 8.42 Å². The Labute approximate surface area is 171 Å². The largest absolute Gasteiger partial charge is 0.326 e. The monoisotopic (exact) mass is 414 g/mol. The summed E-state index contributed by atoms with van der Waals surface area (Å²) in [5.74, 6) is -0.553. The van der Waals surface area contributed by atoms with Crippen molar-refractivity contribution in [2.45, 2.75) is 44.4 Å². The van der Waals surface area contributed by atoms with Crippen LogP contribution in [0.5, 0.6) is 0 Å². The molecule has 154 valence electrons. The van der Waals surface area contributed by atoms with E-state index < -0.39 is 9.84 Å². The van der Waals surface area contributed by atoms with E-state index in [1.54, 1.807) is 17.0 Å². The maximum atomic E-state index is 12.7. The van der Waals surface area contributed by atoms with Crippen LogP contribution >= 0.6 is 0 Å². The fourth-order valence-corrected chi connectivity index (χ4v) is 4.82. The zero-order chi connectivity index (χ0) is 21.0. The van der Waals surface area contributed by atoms with Crippen molar-refractivity contribution >= 4 is 33.0 Å². The minimum absolute atomic E-state index is 0.0309. The van der Waals surface area contributed by atoms with Crippen LogP contribution in [0.2, 0.25) is 0 Å². The lowest BCUT2D eigenvalue weighted by atomic mass is 10.1. The molecule has 0 spiro atoms. The summed E-state index contributed by atoms with van der Waals surface area (Å²) in [4.78, 5) is 26.2. The lowest BCUT2D eigenvalue weighted by Gasteiger charge is -2.16. The van der Waals surface area contributed by atoms with Crippen molar-refractivity contribution in [2.24, 2.45) is 0 Å². The number of carbonyl (C=O) groups excluding carboxylic acids is 2. The fraction of sp³-hybridized carbons (Fsp3) is 0.364. The first-order valence-electron chi connectivity index (χ1n) is 9.89. The highest BCUT2D eigenvalue weighted by atomic mass is 32.2. The van der Waals surface area contributed by atoms with Crippen molar-refractivity contribution < 1.29 is 18.0 Å². The molecule has 0 saturated carbocycles. The quantitative estimate of drug-likeness (QED) is 0.753. The lowest BCUT2D eigenvalue weighted by molar-refractivity contribution is -0.118. The van der Waals surface area contributed by atoms with Crippen LogP contribution in [0.15, 0.2) is 47.4 Å². The topological polar surface area (TPSA) is 83.6 Å². The smallest absolute Gasteiger partial charge is 0.226 e. The highest BCUT2D eigenvalue weighted by molar-refractivity contribution is 7.91. The molecule has 3 rings (SSSR count). The molecule has 0 fully saturated rings. The van der Waals surface area contributed by atoms with Gasteiger partial charge in [-0.1, -0.05) is 32.0 Å². The number of nitrogens with one attached hydrogen (secondary N) is 1. The number of benzene rings is 2. The summed E-state index contributed by atoms with van der Waals surface area (Å²) >= 11 is 0. The molecule has 0 bridgehead atoms. The van der Waals surface area contributed by atoms with Gasteiger partial charge in [0, 0.05) is 30.8 Å². The van der Waals surface area contributed by atoms with E-state index in [0.29, 0.717) is 19.4 Å². The van der Waals surface area contributed by atoms with Crippen LogP contribution in [0, 0.1) is 0 Å². The average Bonchev–Trinajstić information content (AvgIpc) is 3.15. The molecule has 0 unspecified atom stereocenters. The van der Waals surface area contributed by atoms with Gasteiger partial charge in [0.1, 0.15) is 0 Å². The molecule has 0 saturated heterocycles. The normalized spacial score (nSPS) is 13.2. The third kappa shape index (κ3) is 4.67. The molecule has 29 heavy (non-hydrogen) atoms. The summed E-state index contributed by atoms with van der Waals surface area (Å²) in [6.07, 6.45) is 1.72. The summed E-state index contributed by atoms with van der Waals surface area (Å²) in [7, 11) is -3.59. The van der Waals surface area contributed by atoms with Gasteiger partial charge in [-0.3, -0.25) is 9.59 Å². The molecular formula is C22H26N2O4S. The highest BCUT2D eigenvalue weighted by Gasteiger charge is 2.26. The molecule has 1 aliphatic rings. The van der Waals surface area contributed by atoms with Crippen molar-refractivity contribution in [1.82, 2.24) is 0 Å². The second-order valence-corrected chi connectivity index (χ2v) is 9.18. The highest BCUT2D eigenvalue weighted by Crippen LogP contribution is 2.31. The summed E-state index contributed by atoms with van der Waals surface area (Å²) in [5, 5.41) is 2.80. The molecule has 7 heteroatoms. The van der Waals surface area contributed by atoms with Crippen LogP contribution in [0.4, 0.5) is 11.4 Å². The van der Waals surface area contributed by atoms with Crippen LogP contribution in [0.1, 0.15) is 37.8 Å². The molecule has 2 aromatic rings. The first-order chi connectivity index (χ1) is 13.9. The van der Waals surface area contributed by atoms with Gasteiger partial charge in [-0.15, -0.1) is 0 Å². The molecular weight excluding hydrogens is 388 g/mol. The van der Waals surface area contributed by atoms with Gasteiger partial charge in [-0.2, -0.15) is 0 Å². The van der Waals surface area contributed by atoms with E-state index >= 15 is 0 Å². The van der Waals surface area contributed by atoms with Gasteiger partial charge in [0.15, 0.2) is 9.84 Å². The van der Waals surface area contributed by atoms with E-state index in [1.807, 2.05) is 38.1 Å². The maximum absolute atomic E-state index is 12.7. The SMILES string of the molecule is CCC(=O)N1CCc2cc(S(=O)(=O)CCC(=O)Nc3ccccc3CC)ccc21. The molecule has 0 atom stereocenters. The number of rotatable bonds is 7. The van der Waals surface area contributed by atoms with Gasteiger partial charge in [0.05, 0.1) is 10.6 Å². The zero-order valence-electron chi connectivity index (χ0n) is 16.8. The second kappa shape index (κ2) is 8.78. The van der Waals surface area contributed by atoms with Gasteiger partial charge in [-0.05, 0) is 48.2 Å². The molecule has 2 aromatic carbocycles. The first-order valence-corrected chi connectivity index (χ1v) is 11.5. The number of carbonyl (C=O) groups is 2. The number of sulfone groups is 1. The molecule has 1 N–H and O–H groups in total. The van der Waals surface area contributed by atoms with Crippen LogP contribution in [0.3, 0.4) is 0 Å². The van der Waals surface area contributed by atoms with Crippen molar-refractivity contribution in [2.75, 3.05) is 22.5 Å². The van der Waals surface area contributed by atoms with E-state index in [9.17, 15) is 18.0 Å². The Morgan fingerprint density at radius 1 is 1.10 bits per heavy atom. The Morgan fingerprint density at radius 2 is 1.86 bits per heavy atom. The molecule has 0 radical (unpaired) electrons. The molecule has 1 aliphatic heterocycles. The number of hydrogen-bond donors (Lipinski definition) is 1. The Hall–Kier alpha value is -2.67. The van der Waals surface area contributed by atoms with Crippen molar-refractivity contribution in [3.63, 3.8) is 0 Å². The number of aryl methyl sites for hydroxylation is 1. The number of hydrogen-bond acceptors (Lipinski definition) is 4. The standard InChI is InChI=1S/C22H26N2O4S/c1-3-16-7-5-6-8-19(16)23-21(25)12-14-29(27,28)18-9-10-20-17(15-18)11-13-24(20)22(26)4-2/h5-10,15H,3-4,11-14H2,1-2H3,(H,23,25). The van der Waals surface area contributed by atoms with E-state index in [1.165, 1.54) is 6.07 Å². The number of para-hydroxylation sites is 1. The third-order valence-corrected chi connectivity index (χ3v) is 6.89. The third-order valence-electron chi connectivity index (χ3n) is 5.18. The first kappa shape index (κ1) is 21.0. The van der Waals surface area contributed by atoms with Crippen LogP contribution in [-0.4, -0.2) is 32.5 Å². The van der Waals surface area contributed by atoms with Crippen LogP contribution < -0.4 is 10.2 Å². The summed E-state index contributed by atoms with van der Waals surface area (Å²) < 4.78 is 25.4. The van der Waals surface area contributed by atoms with Crippen molar-refractivity contribution in [3.8, 4) is 0 Å². The average molecular weight is 415 g/mol. The molecule has 6 nitrogen and oxygen atoms in total. The maximum Gasteiger partial charge on any atom is 0.226 e. The van der Waals surface area contributed by atoms with Gasteiger partial charge < -0.3 is 10.2 Å². The number of fused-ring (bicyclic) bond motifs is 1. The molecule has 0 aromatic heterocycles. The molecule has 1 heterocycles. The summed E-state index contributed by atoms with van der Waals surface area (Å²) in [6.45, 7) is 4.38. The predicted molar refractivity (Wildman–Crippen MR) is 114 cm³/mol. The van der Waals surface area contributed by atoms with Crippen molar-refractivity contribution in [3.05, 3.63) is 53.6 Å². The van der Waals surface area contributed by atoms with Gasteiger partial charge in [0.2, 0.25) is 11.8 Å². The Balaban J connectivity index is 1.67. The number of nitrogens with zero attached hydrogens (tertiary/aromatic N) is 1. The van der Waals surface area contributed by atoms with E-state index in [4.69, 9.17) is 0 Å². The molecule has 0 aliphatic carbocycles. The van der Waals surface area contributed by atoms with E-state index in [2.05, 4.69) is 5.32 Å². The van der Waals surface area contributed by atoms with E-state index in [-0.39, 0.29) is 28.9 Å². The number of anilines is 2. The summed E-state index contributed by atoms with van der Waals surface area (Å²) in [6, 6.07) is 12.3. The zero-order valence-corrected chi connectivity index (χ0v) is 17.6. The molecule has 2 amide bonds. The Kier molecular flexibility index (Phi) is 6.37. The summed E-state index contributed by atoms with van der Waals surface area (Å²) in [5.41, 5.74) is 3.36. The minimum Gasteiger partial charge on any atom is -0.326 e. The number of amides is 2. The fourth-order valence-electron chi connectivity index (χ4n) is 3.53. The van der Waals surface area contributed by atoms with Gasteiger partial charge >= 0.3 is 0 Å². The van der Waals surface area contributed by atoms with Crippen LogP contribution in [-0.2, 0) is 32.3 Å². The van der Waals surface area contributed by atoms with E-state index in [0.717, 1.165) is 28.9 Å².